The third-order valence-corrected chi connectivity index (χ3v) is 3.98. The minimum absolute atomic E-state index is 0.468. The second kappa shape index (κ2) is 6.40. The molecule has 16 heavy (non-hydrogen) atoms. The average molecular weight is 288 g/mol. The molecular formula is C12H22BrN3. The Balaban J connectivity index is 2.87. The summed E-state index contributed by atoms with van der Waals surface area (Å²) in [5.74, 6) is 0. The van der Waals surface area contributed by atoms with Crippen molar-refractivity contribution in [1.82, 2.24) is 15.1 Å². The summed E-state index contributed by atoms with van der Waals surface area (Å²) in [6, 6.07) is 0.468. The average Bonchev–Trinajstić information content (AvgIpc) is 2.52. The Morgan fingerprint density at radius 3 is 2.50 bits per heavy atom. The van der Waals surface area contributed by atoms with Crippen molar-refractivity contribution >= 4 is 15.9 Å². The first kappa shape index (κ1) is 13.7. The Morgan fingerprint density at radius 1 is 1.38 bits per heavy atom. The molecule has 0 fully saturated rings. The van der Waals surface area contributed by atoms with Crippen LogP contribution in [0.3, 0.4) is 0 Å². The summed E-state index contributed by atoms with van der Waals surface area (Å²) in [6.07, 6.45) is 2.35. The third-order valence-electron chi connectivity index (χ3n) is 2.83. The zero-order chi connectivity index (χ0) is 12.1. The Morgan fingerprint density at radius 2 is 2.06 bits per heavy atom. The summed E-state index contributed by atoms with van der Waals surface area (Å²) in [4.78, 5) is 0. The molecule has 0 aromatic carbocycles. The molecule has 0 amide bonds. The molecule has 0 saturated carbocycles. The van der Waals surface area contributed by atoms with Gasteiger partial charge >= 0.3 is 0 Å². The van der Waals surface area contributed by atoms with Crippen molar-refractivity contribution in [3.63, 3.8) is 0 Å². The SMILES string of the molecule is CCCC(CNCC)n1nc(C)c(Br)c1C. The van der Waals surface area contributed by atoms with Crippen LogP contribution in [0.4, 0.5) is 0 Å². The first-order chi connectivity index (χ1) is 7.61. The van der Waals surface area contributed by atoms with Crippen LogP contribution in [0.25, 0.3) is 0 Å². The van der Waals surface area contributed by atoms with Crippen molar-refractivity contribution in [2.24, 2.45) is 0 Å². The Kier molecular flexibility index (Phi) is 5.49. The number of aryl methyl sites for hydroxylation is 1. The highest BCUT2D eigenvalue weighted by atomic mass is 79.9. The van der Waals surface area contributed by atoms with E-state index in [2.05, 4.69) is 51.8 Å². The van der Waals surface area contributed by atoms with E-state index in [0.29, 0.717) is 6.04 Å². The molecule has 4 heteroatoms. The molecule has 1 N–H and O–H groups in total. The summed E-state index contributed by atoms with van der Waals surface area (Å²) < 4.78 is 3.30. The van der Waals surface area contributed by atoms with Crippen LogP contribution in [0.5, 0.6) is 0 Å². The fourth-order valence-corrected chi connectivity index (χ4v) is 2.21. The molecule has 1 rings (SSSR count). The van der Waals surface area contributed by atoms with Gasteiger partial charge in [-0.15, -0.1) is 0 Å². The van der Waals surface area contributed by atoms with Crippen molar-refractivity contribution < 1.29 is 0 Å². The lowest BCUT2D eigenvalue weighted by atomic mass is 10.1. The monoisotopic (exact) mass is 287 g/mol. The Bertz CT molecular complexity index is 333. The zero-order valence-electron chi connectivity index (χ0n) is 10.7. The summed E-state index contributed by atoms with van der Waals surface area (Å²) in [5.41, 5.74) is 2.31. The van der Waals surface area contributed by atoms with Crippen LogP contribution in [0.2, 0.25) is 0 Å². The van der Waals surface area contributed by atoms with Crippen LogP contribution in [0.15, 0.2) is 4.47 Å². The van der Waals surface area contributed by atoms with Gasteiger partial charge in [-0.1, -0.05) is 20.3 Å². The molecule has 0 radical (unpaired) electrons. The fourth-order valence-electron chi connectivity index (χ4n) is 1.95. The van der Waals surface area contributed by atoms with E-state index in [9.17, 15) is 0 Å². The molecule has 1 atom stereocenters. The molecule has 1 heterocycles. The minimum atomic E-state index is 0.468. The molecule has 0 aliphatic carbocycles. The predicted molar refractivity (Wildman–Crippen MR) is 71.9 cm³/mol. The van der Waals surface area contributed by atoms with Crippen molar-refractivity contribution in [1.29, 1.82) is 0 Å². The lowest BCUT2D eigenvalue weighted by molar-refractivity contribution is 0.391. The highest BCUT2D eigenvalue weighted by molar-refractivity contribution is 9.10. The molecular weight excluding hydrogens is 266 g/mol. The third kappa shape index (κ3) is 3.08. The van der Waals surface area contributed by atoms with E-state index in [-0.39, 0.29) is 0 Å². The van der Waals surface area contributed by atoms with Crippen LogP contribution >= 0.6 is 15.9 Å². The number of halogens is 1. The number of aromatic nitrogens is 2. The molecule has 0 spiro atoms. The van der Waals surface area contributed by atoms with E-state index in [1.807, 2.05) is 6.92 Å². The number of rotatable bonds is 6. The van der Waals surface area contributed by atoms with Gasteiger partial charge in [0, 0.05) is 6.54 Å². The van der Waals surface area contributed by atoms with Crippen LogP contribution in [0, 0.1) is 13.8 Å². The van der Waals surface area contributed by atoms with Gasteiger partial charge in [0.1, 0.15) is 0 Å². The van der Waals surface area contributed by atoms with E-state index < -0.39 is 0 Å². The van der Waals surface area contributed by atoms with Crippen LogP contribution in [-0.4, -0.2) is 22.9 Å². The fraction of sp³-hybridized carbons (Fsp3) is 0.750. The standard InChI is InChI=1S/C12H22BrN3/c1-5-7-11(8-14-6-2)16-10(4)12(13)9(3)15-16/h11,14H,5-8H2,1-4H3. The largest absolute Gasteiger partial charge is 0.315 e. The lowest BCUT2D eigenvalue weighted by Gasteiger charge is -2.19. The van der Waals surface area contributed by atoms with Gasteiger partial charge in [0.2, 0.25) is 0 Å². The van der Waals surface area contributed by atoms with Crippen molar-refractivity contribution in [2.75, 3.05) is 13.1 Å². The van der Waals surface area contributed by atoms with Gasteiger partial charge in [-0.3, -0.25) is 4.68 Å². The van der Waals surface area contributed by atoms with Crippen molar-refractivity contribution in [3.05, 3.63) is 15.9 Å². The number of nitrogens with zero attached hydrogens (tertiary/aromatic N) is 2. The predicted octanol–water partition coefficient (Wildman–Crippen LogP) is 3.21. The zero-order valence-corrected chi connectivity index (χ0v) is 12.3. The van der Waals surface area contributed by atoms with E-state index >= 15 is 0 Å². The number of nitrogens with one attached hydrogen (secondary N) is 1. The Hall–Kier alpha value is -0.350. The van der Waals surface area contributed by atoms with Gasteiger partial charge in [-0.25, -0.2) is 0 Å². The van der Waals surface area contributed by atoms with Gasteiger partial charge in [-0.05, 0) is 42.7 Å². The smallest absolute Gasteiger partial charge is 0.0738 e. The van der Waals surface area contributed by atoms with Gasteiger partial charge in [-0.2, -0.15) is 5.10 Å². The molecule has 0 bridgehead atoms. The van der Waals surface area contributed by atoms with Gasteiger partial charge in [0.15, 0.2) is 0 Å². The summed E-state index contributed by atoms with van der Waals surface area (Å²) in [7, 11) is 0. The van der Waals surface area contributed by atoms with Crippen molar-refractivity contribution in [2.45, 2.75) is 46.6 Å². The summed E-state index contributed by atoms with van der Waals surface area (Å²) in [6.45, 7) is 10.5. The molecule has 1 aromatic heterocycles. The molecule has 3 nitrogen and oxygen atoms in total. The molecule has 1 unspecified atom stereocenters. The summed E-state index contributed by atoms with van der Waals surface area (Å²) >= 11 is 3.58. The molecule has 92 valence electrons. The maximum atomic E-state index is 4.61. The second-order valence-electron chi connectivity index (χ2n) is 4.18. The molecule has 1 aromatic rings. The van der Waals surface area contributed by atoms with Crippen LogP contribution < -0.4 is 5.32 Å². The molecule has 0 aliphatic heterocycles. The second-order valence-corrected chi connectivity index (χ2v) is 4.97. The number of hydrogen-bond donors (Lipinski definition) is 1. The maximum Gasteiger partial charge on any atom is 0.0738 e. The van der Waals surface area contributed by atoms with Crippen LogP contribution in [-0.2, 0) is 0 Å². The lowest BCUT2D eigenvalue weighted by Crippen LogP contribution is -2.26. The van der Waals surface area contributed by atoms with E-state index in [1.54, 1.807) is 0 Å². The first-order valence-corrected chi connectivity index (χ1v) is 6.83. The van der Waals surface area contributed by atoms with E-state index in [0.717, 1.165) is 23.3 Å². The summed E-state index contributed by atoms with van der Waals surface area (Å²) in [5, 5.41) is 8.02. The van der Waals surface area contributed by atoms with Crippen molar-refractivity contribution in [3.8, 4) is 0 Å². The first-order valence-electron chi connectivity index (χ1n) is 6.03. The molecule has 0 aliphatic rings. The molecule has 0 saturated heterocycles. The Labute approximate surface area is 107 Å². The van der Waals surface area contributed by atoms with E-state index in [4.69, 9.17) is 0 Å². The quantitative estimate of drug-likeness (QED) is 0.871. The van der Waals surface area contributed by atoms with Gasteiger partial charge in [0.05, 0.1) is 21.9 Å². The van der Waals surface area contributed by atoms with E-state index in [1.165, 1.54) is 18.5 Å². The minimum Gasteiger partial charge on any atom is -0.315 e. The number of likely N-dealkylation sites (N-methyl/N-ethyl adjacent to an activating group) is 1. The highest BCUT2D eigenvalue weighted by Gasteiger charge is 2.16. The van der Waals surface area contributed by atoms with Gasteiger partial charge in [0.25, 0.3) is 0 Å². The highest BCUT2D eigenvalue weighted by Crippen LogP contribution is 2.24. The normalized spacial score (nSPS) is 13.1. The van der Waals surface area contributed by atoms with Gasteiger partial charge < -0.3 is 5.32 Å². The maximum absolute atomic E-state index is 4.61. The van der Waals surface area contributed by atoms with Crippen LogP contribution in [0.1, 0.15) is 44.1 Å². The number of hydrogen-bond acceptors (Lipinski definition) is 2. The topological polar surface area (TPSA) is 29.9 Å².